The Hall–Kier alpha value is -0.740. The van der Waals surface area contributed by atoms with Gasteiger partial charge in [-0.1, -0.05) is 0 Å². The summed E-state index contributed by atoms with van der Waals surface area (Å²) in [4.78, 5) is 0. The summed E-state index contributed by atoms with van der Waals surface area (Å²) < 4.78 is 11.6. The van der Waals surface area contributed by atoms with Crippen molar-refractivity contribution in [2.75, 3.05) is 20.8 Å². The van der Waals surface area contributed by atoms with Gasteiger partial charge in [-0.15, -0.1) is 0 Å². The third-order valence-corrected chi connectivity index (χ3v) is 2.91. The minimum absolute atomic E-state index is 0.599. The maximum atomic E-state index is 5.57. The van der Waals surface area contributed by atoms with Gasteiger partial charge in [0.1, 0.15) is 0 Å². The van der Waals surface area contributed by atoms with Crippen LogP contribution in [0.4, 0.5) is 0 Å². The average molecular weight is 274 g/mol. The highest BCUT2D eigenvalue weighted by atomic mass is 79.9. The summed E-state index contributed by atoms with van der Waals surface area (Å²) in [6, 6.07) is 2.02. The first-order valence-corrected chi connectivity index (χ1v) is 5.55. The molecule has 0 aromatic heterocycles. The zero-order chi connectivity index (χ0) is 11.4. The summed E-state index contributed by atoms with van der Waals surface area (Å²) in [5, 5.41) is 0. The first-order valence-electron chi connectivity index (χ1n) is 4.75. The van der Waals surface area contributed by atoms with E-state index < -0.39 is 0 Å². The number of methoxy groups -OCH3 is 2. The molecule has 84 valence electrons. The Labute approximate surface area is 98.7 Å². The van der Waals surface area contributed by atoms with Crippen molar-refractivity contribution in [3.05, 3.63) is 21.7 Å². The molecule has 0 aliphatic rings. The Morgan fingerprint density at radius 3 is 2.33 bits per heavy atom. The predicted octanol–water partition coefficient (Wildman–Crippen LogP) is 2.28. The zero-order valence-corrected chi connectivity index (χ0v) is 10.8. The second-order valence-electron chi connectivity index (χ2n) is 3.26. The van der Waals surface area contributed by atoms with Crippen LogP contribution >= 0.6 is 15.9 Å². The second-order valence-corrected chi connectivity index (χ2v) is 4.11. The Morgan fingerprint density at radius 1 is 1.27 bits per heavy atom. The highest BCUT2D eigenvalue weighted by molar-refractivity contribution is 9.10. The van der Waals surface area contributed by atoms with Crippen LogP contribution in [0, 0.1) is 6.92 Å². The fourth-order valence-electron chi connectivity index (χ4n) is 1.63. The van der Waals surface area contributed by atoms with Crippen molar-refractivity contribution in [2.24, 2.45) is 5.73 Å². The lowest BCUT2D eigenvalue weighted by molar-refractivity contribution is 0.349. The van der Waals surface area contributed by atoms with Gasteiger partial charge in [-0.3, -0.25) is 0 Å². The molecule has 15 heavy (non-hydrogen) atoms. The molecule has 4 heteroatoms. The van der Waals surface area contributed by atoms with Crippen molar-refractivity contribution < 1.29 is 9.47 Å². The maximum Gasteiger partial charge on any atom is 0.175 e. The van der Waals surface area contributed by atoms with Crippen LogP contribution in [0.5, 0.6) is 11.5 Å². The van der Waals surface area contributed by atoms with E-state index >= 15 is 0 Å². The second kappa shape index (κ2) is 5.37. The smallest absolute Gasteiger partial charge is 0.175 e. The molecule has 0 spiro atoms. The number of hydrogen-bond acceptors (Lipinski definition) is 3. The number of aryl methyl sites for hydroxylation is 1. The van der Waals surface area contributed by atoms with Crippen LogP contribution in [0.15, 0.2) is 10.5 Å². The molecule has 0 amide bonds. The lowest BCUT2D eigenvalue weighted by Gasteiger charge is -2.16. The molecule has 0 aliphatic heterocycles. The molecule has 1 aromatic rings. The normalized spacial score (nSPS) is 10.2. The highest BCUT2D eigenvalue weighted by Gasteiger charge is 2.15. The Bertz CT molecular complexity index is 353. The number of ether oxygens (including phenoxy) is 2. The molecular formula is C11H16BrNO2. The van der Waals surface area contributed by atoms with E-state index in [0.29, 0.717) is 6.54 Å². The molecule has 0 unspecified atom stereocenters. The van der Waals surface area contributed by atoms with Crippen LogP contribution in [0.1, 0.15) is 11.1 Å². The predicted molar refractivity (Wildman–Crippen MR) is 64.7 cm³/mol. The minimum atomic E-state index is 0.599. The van der Waals surface area contributed by atoms with E-state index in [1.54, 1.807) is 14.2 Å². The molecule has 1 aromatic carbocycles. The van der Waals surface area contributed by atoms with Gasteiger partial charge in [0.2, 0.25) is 0 Å². The van der Waals surface area contributed by atoms with Gasteiger partial charge < -0.3 is 15.2 Å². The van der Waals surface area contributed by atoms with E-state index in [9.17, 15) is 0 Å². The molecule has 0 atom stereocenters. The van der Waals surface area contributed by atoms with Gasteiger partial charge in [0.25, 0.3) is 0 Å². The Kier molecular flexibility index (Phi) is 4.42. The van der Waals surface area contributed by atoms with E-state index in [2.05, 4.69) is 15.9 Å². The standard InChI is InChI=1S/C11H16BrNO2/c1-7-6-9(12)11(15-3)10(14-2)8(7)4-5-13/h6H,4-5,13H2,1-3H3. The van der Waals surface area contributed by atoms with E-state index in [1.165, 1.54) is 0 Å². The number of halogens is 1. The molecule has 0 radical (unpaired) electrons. The van der Waals surface area contributed by atoms with Gasteiger partial charge in [0, 0.05) is 5.56 Å². The monoisotopic (exact) mass is 273 g/mol. The van der Waals surface area contributed by atoms with E-state index in [0.717, 1.165) is 33.5 Å². The van der Waals surface area contributed by atoms with Crippen molar-refractivity contribution >= 4 is 15.9 Å². The quantitative estimate of drug-likeness (QED) is 0.916. The maximum absolute atomic E-state index is 5.57. The molecular weight excluding hydrogens is 258 g/mol. The van der Waals surface area contributed by atoms with Crippen LogP contribution in [-0.4, -0.2) is 20.8 Å². The van der Waals surface area contributed by atoms with Crippen molar-refractivity contribution in [2.45, 2.75) is 13.3 Å². The van der Waals surface area contributed by atoms with Crippen LogP contribution in [-0.2, 0) is 6.42 Å². The number of hydrogen-bond donors (Lipinski definition) is 1. The first-order chi connectivity index (χ1) is 7.15. The van der Waals surface area contributed by atoms with Gasteiger partial charge in [-0.2, -0.15) is 0 Å². The minimum Gasteiger partial charge on any atom is -0.493 e. The number of nitrogens with two attached hydrogens (primary N) is 1. The summed E-state index contributed by atoms with van der Waals surface area (Å²) in [5.74, 6) is 1.50. The molecule has 0 aliphatic carbocycles. The van der Waals surface area contributed by atoms with Crippen LogP contribution in [0.25, 0.3) is 0 Å². The lowest BCUT2D eigenvalue weighted by atomic mass is 10.0. The summed E-state index contributed by atoms with van der Waals surface area (Å²) in [6.45, 7) is 2.64. The van der Waals surface area contributed by atoms with Gasteiger partial charge in [0.15, 0.2) is 11.5 Å². The van der Waals surface area contributed by atoms with Crippen LogP contribution < -0.4 is 15.2 Å². The van der Waals surface area contributed by atoms with Crippen LogP contribution in [0.3, 0.4) is 0 Å². The number of benzene rings is 1. The summed E-state index contributed by atoms with van der Waals surface area (Å²) in [7, 11) is 3.27. The molecule has 0 heterocycles. The van der Waals surface area contributed by atoms with Gasteiger partial charge in [-0.25, -0.2) is 0 Å². The molecule has 3 nitrogen and oxygen atoms in total. The Balaban J connectivity index is 3.35. The third kappa shape index (κ3) is 2.44. The largest absolute Gasteiger partial charge is 0.493 e. The van der Waals surface area contributed by atoms with Crippen molar-refractivity contribution in [1.82, 2.24) is 0 Å². The first kappa shape index (κ1) is 12.3. The van der Waals surface area contributed by atoms with Crippen molar-refractivity contribution in [3.8, 4) is 11.5 Å². The molecule has 1 rings (SSSR count). The lowest BCUT2D eigenvalue weighted by Crippen LogP contribution is -2.07. The van der Waals surface area contributed by atoms with Crippen molar-refractivity contribution in [3.63, 3.8) is 0 Å². The van der Waals surface area contributed by atoms with Crippen LogP contribution in [0.2, 0.25) is 0 Å². The molecule has 2 N–H and O–H groups in total. The fraction of sp³-hybridized carbons (Fsp3) is 0.455. The summed E-state index contributed by atoms with van der Waals surface area (Å²) >= 11 is 3.45. The summed E-state index contributed by atoms with van der Waals surface area (Å²) in [6.07, 6.45) is 0.790. The number of rotatable bonds is 4. The molecule has 0 bridgehead atoms. The van der Waals surface area contributed by atoms with E-state index in [-0.39, 0.29) is 0 Å². The SMILES string of the molecule is COc1c(Br)cc(C)c(CCN)c1OC. The molecule has 0 fully saturated rings. The highest BCUT2D eigenvalue weighted by Crippen LogP contribution is 2.40. The Morgan fingerprint density at radius 2 is 1.87 bits per heavy atom. The summed E-state index contributed by atoms with van der Waals surface area (Å²) in [5.41, 5.74) is 7.84. The van der Waals surface area contributed by atoms with E-state index in [4.69, 9.17) is 15.2 Å². The topological polar surface area (TPSA) is 44.5 Å². The molecule has 0 saturated carbocycles. The van der Waals surface area contributed by atoms with Crippen molar-refractivity contribution in [1.29, 1.82) is 0 Å². The van der Waals surface area contributed by atoms with Gasteiger partial charge in [-0.05, 0) is 47.4 Å². The third-order valence-electron chi connectivity index (χ3n) is 2.32. The van der Waals surface area contributed by atoms with Gasteiger partial charge >= 0.3 is 0 Å². The molecule has 0 saturated heterocycles. The zero-order valence-electron chi connectivity index (χ0n) is 9.26. The fourth-order valence-corrected chi connectivity index (χ4v) is 2.31. The van der Waals surface area contributed by atoms with E-state index in [1.807, 2.05) is 13.0 Å². The average Bonchev–Trinajstić information content (AvgIpc) is 2.21. The van der Waals surface area contributed by atoms with Gasteiger partial charge in [0.05, 0.1) is 18.7 Å².